The molecule has 0 spiro atoms. The number of aromatic nitrogens is 4. The van der Waals surface area contributed by atoms with E-state index in [9.17, 15) is 9.90 Å². The van der Waals surface area contributed by atoms with Gasteiger partial charge in [0, 0.05) is 19.2 Å². The number of hydrogen-bond acceptors (Lipinski definition) is 5. The van der Waals surface area contributed by atoms with Crippen molar-refractivity contribution in [1.29, 1.82) is 0 Å². The van der Waals surface area contributed by atoms with E-state index in [4.69, 9.17) is 0 Å². The third-order valence-corrected chi connectivity index (χ3v) is 3.19. The second kappa shape index (κ2) is 4.43. The van der Waals surface area contributed by atoms with Crippen LogP contribution in [0.5, 0.6) is 0 Å². The molecule has 1 aliphatic rings. The van der Waals surface area contributed by atoms with Gasteiger partial charge in [-0.1, -0.05) is 0 Å². The summed E-state index contributed by atoms with van der Waals surface area (Å²) in [5.74, 6) is -0.608. The Kier molecular flexibility index (Phi) is 2.75. The van der Waals surface area contributed by atoms with Crippen LogP contribution in [0.1, 0.15) is 21.7 Å². The average molecular weight is 259 g/mol. The Hall–Kier alpha value is -2.28. The Balaban J connectivity index is 2.20. The molecule has 0 amide bonds. The molecule has 19 heavy (non-hydrogen) atoms. The van der Waals surface area contributed by atoms with Gasteiger partial charge in [0.05, 0.1) is 18.2 Å². The molecule has 0 radical (unpaired) electrons. The molecule has 2 aromatic heterocycles. The van der Waals surface area contributed by atoms with Crippen LogP contribution in [0.15, 0.2) is 12.5 Å². The fourth-order valence-electron chi connectivity index (χ4n) is 2.22. The molecule has 0 bridgehead atoms. The third-order valence-electron chi connectivity index (χ3n) is 3.19. The van der Waals surface area contributed by atoms with E-state index in [0.29, 0.717) is 24.5 Å². The number of carbonyl (C=O) groups is 1. The lowest BCUT2D eigenvalue weighted by Gasteiger charge is -2.18. The Bertz CT molecular complexity index is 650. The predicted octanol–water partition coefficient (Wildman–Crippen LogP) is 0.221. The highest BCUT2D eigenvalue weighted by Crippen LogP contribution is 2.21. The standard InChI is InChI=1S/C12H13N5O2/c1-17-6-14-5-9(17)11-15-8-4-13-3-2-7(8)10(16-11)12(18)19/h5-6,13H,2-4H2,1H3,(H,18,19). The van der Waals surface area contributed by atoms with Gasteiger partial charge in [0.15, 0.2) is 11.5 Å². The van der Waals surface area contributed by atoms with Crippen LogP contribution < -0.4 is 5.32 Å². The summed E-state index contributed by atoms with van der Waals surface area (Å²) in [5, 5.41) is 12.5. The van der Waals surface area contributed by atoms with Crippen LogP contribution in [0.25, 0.3) is 11.5 Å². The molecule has 2 aromatic rings. The highest BCUT2D eigenvalue weighted by atomic mass is 16.4. The van der Waals surface area contributed by atoms with Crippen molar-refractivity contribution < 1.29 is 9.90 Å². The molecular weight excluding hydrogens is 246 g/mol. The van der Waals surface area contributed by atoms with Crippen molar-refractivity contribution >= 4 is 5.97 Å². The minimum atomic E-state index is -1.01. The monoisotopic (exact) mass is 259 g/mol. The van der Waals surface area contributed by atoms with Gasteiger partial charge in [-0.25, -0.2) is 19.7 Å². The molecule has 1 aliphatic heterocycles. The molecule has 3 rings (SSSR count). The summed E-state index contributed by atoms with van der Waals surface area (Å²) in [6.07, 6.45) is 3.91. The molecule has 0 saturated carbocycles. The first-order chi connectivity index (χ1) is 9.16. The summed E-state index contributed by atoms with van der Waals surface area (Å²) in [5.41, 5.74) is 2.30. The average Bonchev–Trinajstić information content (AvgIpc) is 2.83. The van der Waals surface area contributed by atoms with Crippen LogP contribution in [0.2, 0.25) is 0 Å². The molecule has 0 saturated heterocycles. The molecule has 0 atom stereocenters. The van der Waals surface area contributed by atoms with Crippen molar-refractivity contribution in [3.63, 3.8) is 0 Å². The molecule has 0 aromatic carbocycles. The Morgan fingerprint density at radius 3 is 3.00 bits per heavy atom. The number of aromatic carboxylic acids is 1. The van der Waals surface area contributed by atoms with Crippen LogP contribution >= 0.6 is 0 Å². The summed E-state index contributed by atoms with van der Waals surface area (Å²) in [6, 6.07) is 0. The maximum absolute atomic E-state index is 11.3. The van der Waals surface area contributed by atoms with E-state index in [1.54, 1.807) is 17.1 Å². The van der Waals surface area contributed by atoms with E-state index in [0.717, 1.165) is 17.8 Å². The van der Waals surface area contributed by atoms with Crippen LogP contribution in [0.3, 0.4) is 0 Å². The number of carboxylic acid groups (broad SMARTS) is 1. The van der Waals surface area contributed by atoms with Gasteiger partial charge in [-0.3, -0.25) is 0 Å². The lowest BCUT2D eigenvalue weighted by molar-refractivity contribution is 0.0688. The molecule has 7 heteroatoms. The zero-order valence-electron chi connectivity index (χ0n) is 10.4. The lowest BCUT2D eigenvalue weighted by atomic mass is 10.0. The molecule has 0 fully saturated rings. The van der Waals surface area contributed by atoms with Crippen molar-refractivity contribution in [3.05, 3.63) is 29.5 Å². The number of nitrogens with one attached hydrogen (secondary N) is 1. The van der Waals surface area contributed by atoms with E-state index >= 15 is 0 Å². The van der Waals surface area contributed by atoms with Gasteiger partial charge in [-0.2, -0.15) is 0 Å². The van der Waals surface area contributed by atoms with Gasteiger partial charge in [0.2, 0.25) is 0 Å². The van der Waals surface area contributed by atoms with Gasteiger partial charge < -0.3 is 15.0 Å². The molecule has 0 unspecified atom stereocenters. The van der Waals surface area contributed by atoms with E-state index in [1.807, 2.05) is 7.05 Å². The van der Waals surface area contributed by atoms with Crippen molar-refractivity contribution in [3.8, 4) is 11.5 Å². The number of nitrogens with zero attached hydrogens (tertiary/aromatic N) is 4. The topological polar surface area (TPSA) is 92.9 Å². The number of rotatable bonds is 2. The van der Waals surface area contributed by atoms with Gasteiger partial charge >= 0.3 is 5.97 Å². The normalized spacial score (nSPS) is 14.2. The summed E-state index contributed by atoms with van der Waals surface area (Å²) in [7, 11) is 1.82. The number of carboxylic acids is 1. The van der Waals surface area contributed by atoms with Crippen LogP contribution in [0.4, 0.5) is 0 Å². The SMILES string of the molecule is Cn1cncc1-c1nc2c(c(C(=O)O)n1)CCNC2. The molecular formula is C12H13N5O2. The first-order valence-electron chi connectivity index (χ1n) is 5.97. The van der Waals surface area contributed by atoms with E-state index in [2.05, 4.69) is 20.3 Å². The van der Waals surface area contributed by atoms with E-state index in [1.165, 1.54) is 0 Å². The van der Waals surface area contributed by atoms with Gasteiger partial charge in [-0.15, -0.1) is 0 Å². The first-order valence-corrected chi connectivity index (χ1v) is 5.97. The van der Waals surface area contributed by atoms with Crippen molar-refractivity contribution in [2.24, 2.45) is 7.05 Å². The number of imidazole rings is 1. The Morgan fingerprint density at radius 1 is 1.47 bits per heavy atom. The smallest absolute Gasteiger partial charge is 0.354 e. The van der Waals surface area contributed by atoms with Gasteiger partial charge in [0.1, 0.15) is 5.69 Å². The second-order valence-corrected chi connectivity index (χ2v) is 4.44. The summed E-state index contributed by atoms with van der Waals surface area (Å²) in [6.45, 7) is 1.32. The molecule has 2 N–H and O–H groups in total. The molecule has 98 valence electrons. The Labute approximate surface area is 109 Å². The fraction of sp³-hybridized carbons (Fsp3) is 0.333. The largest absolute Gasteiger partial charge is 0.476 e. The number of aryl methyl sites for hydroxylation is 1. The first kappa shape index (κ1) is 11.8. The molecule has 3 heterocycles. The minimum Gasteiger partial charge on any atom is -0.476 e. The van der Waals surface area contributed by atoms with Crippen molar-refractivity contribution in [2.45, 2.75) is 13.0 Å². The van der Waals surface area contributed by atoms with Gasteiger partial charge in [0.25, 0.3) is 0 Å². The van der Waals surface area contributed by atoms with Crippen LogP contribution in [0, 0.1) is 0 Å². The van der Waals surface area contributed by atoms with E-state index in [-0.39, 0.29) is 5.69 Å². The third kappa shape index (κ3) is 1.97. The Morgan fingerprint density at radius 2 is 2.32 bits per heavy atom. The number of hydrogen-bond donors (Lipinski definition) is 2. The van der Waals surface area contributed by atoms with Crippen molar-refractivity contribution in [1.82, 2.24) is 24.8 Å². The van der Waals surface area contributed by atoms with E-state index < -0.39 is 5.97 Å². The fourth-order valence-corrected chi connectivity index (χ4v) is 2.22. The highest BCUT2D eigenvalue weighted by molar-refractivity contribution is 5.88. The van der Waals surface area contributed by atoms with Crippen LogP contribution in [-0.4, -0.2) is 37.1 Å². The summed E-state index contributed by atoms with van der Waals surface area (Å²) in [4.78, 5) is 24.0. The molecule has 0 aliphatic carbocycles. The quantitative estimate of drug-likeness (QED) is 0.801. The number of fused-ring (bicyclic) bond motifs is 1. The highest BCUT2D eigenvalue weighted by Gasteiger charge is 2.22. The second-order valence-electron chi connectivity index (χ2n) is 4.44. The zero-order valence-corrected chi connectivity index (χ0v) is 10.4. The minimum absolute atomic E-state index is 0.0997. The van der Waals surface area contributed by atoms with Gasteiger partial charge in [-0.05, 0) is 13.0 Å². The predicted molar refractivity (Wildman–Crippen MR) is 66.6 cm³/mol. The van der Waals surface area contributed by atoms with Crippen LogP contribution in [-0.2, 0) is 20.0 Å². The summed E-state index contributed by atoms with van der Waals surface area (Å²) < 4.78 is 1.77. The zero-order chi connectivity index (χ0) is 13.4. The van der Waals surface area contributed by atoms with Crippen molar-refractivity contribution in [2.75, 3.05) is 6.54 Å². The lowest BCUT2D eigenvalue weighted by Crippen LogP contribution is -2.28. The molecule has 7 nitrogen and oxygen atoms in total. The summed E-state index contributed by atoms with van der Waals surface area (Å²) >= 11 is 0. The maximum Gasteiger partial charge on any atom is 0.354 e. The maximum atomic E-state index is 11.3.